The number of nitrogens with one attached hydrogen (secondary N) is 2. The van der Waals surface area contributed by atoms with Crippen molar-refractivity contribution >= 4 is 34.3 Å². The molecule has 1 aliphatic rings. The summed E-state index contributed by atoms with van der Waals surface area (Å²) in [5, 5.41) is 6.66. The van der Waals surface area contributed by atoms with Gasteiger partial charge in [-0.05, 0) is 48.9 Å². The van der Waals surface area contributed by atoms with Crippen LogP contribution < -0.4 is 10.6 Å². The SMILES string of the molecule is Cc1cccc(Nc2ccc(Nc3ccccc3)c3c2C(=O)c2ccccc2C3=O)c1. The molecular weight excluding hydrogens is 384 g/mol. The molecule has 0 unspecified atom stereocenters. The van der Waals surface area contributed by atoms with Gasteiger partial charge in [0.05, 0.1) is 22.5 Å². The Labute approximate surface area is 180 Å². The van der Waals surface area contributed by atoms with E-state index >= 15 is 0 Å². The Balaban J connectivity index is 1.68. The lowest BCUT2D eigenvalue weighted by atomic mass is 9.82. The van der Waals surface area contributed by atoms with Gasteiger partial charge in [-0.3, -0.25) is 9.59 Å². The Kier molecular flexibility index (Phi) is 4.60. The average Bonchev–Trinajstić information content (AvgIpc) is 2.79. The number of anilines is 4. The molecule has 2 N–H and O–H groups in total. The second kappa shape index (κ2) is 7.58. The third-order valence-corrected chi connectivity index (χ3v) is 5.43. The largest absolute Gasteiger partial charge is 0.355 e. The molecule has 0 heterocycles. The van der Waals surface area contributed by atoms with Crippen molar-refractivity contribution in [1.82, 2.24) is 0 Å². The van der Waals surface area contributed by atoms with Gasteiger partial charge in [0, 0.05) is 22.5 Å². The first-order chi connectivity index (χ1) is 15.1. The zero-order valence-corrected chi connectivity index (χ0v) is 17.0. The molecule has 4 aromatic carbocycles. The summed E-state index contributed by atoms with van der Waals surface area (Å²) in [5.41, 5.74) is 5.71. The molecule has 4 aromatic rings. The molecule has 4 nitrogen and oxygen atoms in total. The van der Waals surface area contributed by atoms with Crippen molar-refractivity contribution in [2.45, 2.75) is 6.92 Å². The summed E-state index contributed by atoms with van der Waals surface area (Å²) in [6.45, 7) is 2.01. The molecular formula is C27H20N2O2. The molecule has 150 valence electrons. The highest BCUT2D eigenvalue weighted by Crippen LogP contribution is 2.38. The summed E-state index contributed by atoms with van der Waals surface area (Å²) in [4.78, 5) is 27.0. The lowest BCUT2D eigenvalue weighted by molar-refractivity contribution is 0.0980. The van der Waals surface area contributed by atoms with Gasteiger partial charge in [0.2, 0.25) is 0 Å². The van der Waals surface area contributed by atoms with Crippen molar-refractivity contribution in [3.05, 3.63) is 119 Å². The smallest absolute Gasteiger partial charge is 0.196 e. The zero-order chi connectivity index (χ0) is 21.4. The Bertz CT molecular complexity index is 1330. The van der Waals surface area contributed by atoms with Crippen LogP contribution in [0.3, 0.4) is 0 Å². The fourth-order valence-electron chi connectivity index (χ4n) is 3.99. The van der Waals surface area contributed by atoms with E-state index in [1.807, 2.05) is 73.7 Å². The van der Waals surface area contributed by atoms with E-state index in [-0.39, 0.29) is 11.6 Å². The standard InChI is InChI=1S/C27H20N2O2/c1-17-8-7-11-19(16-17)29-23-15-14-22(28-18-9-3-2-4-10-18)24-25(23)27(31)21-13-6-5-12-20(21)26(24)30/h2-16,28-29H,1H3. The normalized spacial score (nSPS) is 12.2. The summed E-state index contributed by atoms with van der Waals surface area (Å²) in [7, 11) is 0. The monoisotopic (exact) mass is 404 g/mol. The molecule has 31 heavy (non-hydrogen) atoms. The van der Waals surface area contributed by atoms with Crippen LogP contribution in [0.5, 0.6) is 0 Å². The maximum Gasteiger partial charge on any atom is 0.196 e. The lowest BCUT2D eigenvalue weighted by Crippen LogP contribution is -2.23. The minimum absolute atomic E-state index is 0.155. The number of hydrogen-bond donors (Lipinski definition) is 2. The lowest BCUT2D eigenvalue weighted by Gasteiger charge is -2.24. The fourth-order valence-corrected chi connectivity index (χ4v) is 3.99. The summed E-state index contributed by atoms with van der Waals surface area (Å²) in [5.74, 6) is -0.311. The van der Waals surface area contributed by atoms with Crippen molar-refractivity contribution < 1.29 is 9.59 Å². The molecule has 0 spiro atoms. The zero-order valence-electron chi connectivity index (χ0n) is 17.0. The number of para-hydroxylation sites is 1. The van der Waals surface area contributed by atoms with Crippen LogP contribution in [0.15, 0.2) is 91.0 Å². The van der Waals surface area contributed by atoms with E-state index in [0.29, 0.717) is 33.6 Å². The second-order valence-corrected chi connectivity index (χ2v) is 7.60. The molecule has 4 heteroatoms. The molecule has 0 bridgehead atoms. The van der Waals surface area contributed by atoms with Crippen molar-refractivity contribution in [3.8, 4) is 0 Å². The number of carbonyl (C=O) groups excluding carboxylic acids is 2. The molecule has 0 aromatic heterocycles. The number of fused-ring (bicyclic) bond motifs is 2. The highest BCUT2D eigenvalue weighted by molar-refractivity contribution is 6.32. The van der Waals surface area contributed by atoms with E-state index in [4.69, 9.17) is 0 Å². The van der Waals surface area contributed by atoms with Gasteiger partial charge in [0.1, 0.15) is 0 Å². The van der Waals surface area contributed by atoms with E-state index < -0.39 is 0 Å². The highest BCUT2D eigenvalue weighted by atomic mass is 16.1. The Hall–Kier alpha value is -4.18. The first kappa shape index (κ1) is 18.8. The van der Waals surface area contributed by atoms with Gasteiger partial charge in [0.25, 0.3) is 0 Å². The van der Waals surface area contributed by atoms with Crippen molar-refractivity contribution in [1.29, 1.82) is 0 Å². The van der Waals surface area contributed by atoms with Crippen LogP contribution in [0.1, 0.15) is 37.4 Å². The Morgan fingerprint density at radius 2 is 1.06 bits per heavy atom. The molecule has 0 saturated carbocycles. The third-order valence-electron chi connectivity index (χ3n) is 5.43. The van der Waals surface area contributed by atoms with Gasteiger partial charge >= 0.3 is 0 Å². The highest BCUT2D eigenvalue weighted by Gasteiger charge is 2.33. The second-order valence-electron chi connectivity index (χ2n) is 7.60. The van der Waals surface area contributed by atoms with Gasteiger partial charge in [-0.2, -0.15) is 0 Å². The summed E-state index contributed by atoms with van der Waals surface area (Å²) in [6, 6.07) is 28.2. The van der Waals surface area contributed by atoms with Gasteiger partial charge in [-0.1, -0.05) is 54.6 Å². The van der Waals surface area contributed by atoms with Crippen LogP contribution in [0.4, 0.5) is 22.7 Å². The number of hydrogen-bond acceptors (Lipinski definition) is 4. The first-order valence-electron chi connectivity index (χ1n) is 10.1. The average molecular weight is 404 g/mol. The predicted octanol–water partition coefficient (Wildman–Crippen LogP) is 6.26. The van der Waals surface area contributed by atoms with Crippen LogP contribution >= 0.6 is 0 Å². The van der Waals surface area contributed by atoms with Crippen LogP contribution in [-0.2, 0) is 0 Å². The van der Waals surface area contributed by atoms with Crippen molar-refractivity contribution in [3.63, 3.8) is 0 Å². The van der Waals surface area contributed by atoms with E-state index in [2.05, 4.69) is 10.6 Å². The number of benzene rings is 4. The van der Waals surface area contributed by atoms with Crippen molar-refractivity contribution in [2.24, 2.45) is 0 Å². The molecule has 0 radical (unpaired) electrons. The Morgan fingerprint density at radius 3 is 1.65 bits per heavy atom. The summed E-state index contributed by atoms with van der Waals surface area (Å²) >= 11 is 0. The summed E-state index contributed by atoms with van der Waals surface area (Å²) in [6.07, 6.45) is 0. The van der Waals surface area contributed by atoms with Crippen LogP contribution in [0.2, 0.25) is 0 Å². The first-order valence-corrected chi connectivity index (χ1v) is 10.1. The molecule has 1 aliphatic carbocycles. The molecule has 0 aliphatic heterocycles. The number of carbonyl (C=O) groups is 2. The molecule has 0 fully saturated rings. The fraction of sp³-hybridized carbons (Fsp3) is 0.0370. The minimum Gasteiger partial charge on any atom is -0.355 e. The van der Waals surface area contributed by atoms with Crippen LogP contribution in [-0.4, -0.2) is 11.6 Å². The molecule has 0 amide bonds. The van der Waals surface area contributed by atoms with Crippen molar-refractivity contribution in [2.75, 3.05) is 10.6 Å². The summed E-state index contributed by atoms with van der Waals surface area (Å²) < 4.78 is 0. The minimum atomic E-state index is -0.156. The van der Waals surface area contributed by atoms with E-state index in [1.165, 1.54) is 0 Å². The number of rotatable bonds is 4. The van der Waals surface area contributed by atoms with E-state index in [9.17, 15) is 9.59 Å². The number of ketones is 2. The molecule has 0 saturated heterocycles. The predicted molar refractivity (Wildman–Crippen MR) is 124 cm³/mol. The molecule has 5 rings (SSSR count). The van der Waals surface area contributed by atoms with E-state index in [1.54, 1.807) is 24.3 Å². The van der Waals surface area contributed by atoms with Gasteiger partial charge in [-0.15, -0.1) is 0 Å². The van der Waals surface area contributed by atoms with Crippen LogP contribution in [0.25, 0.3) is 0 Å². The topological polar surface area (TPSA) is 58.2 Å². The maximum absolute atomic E-state index is 13.5. The van der Waals surface area contributed by atoms with Gasteiger partial charge < -0.3 is 10.6 Å². The number of aryl methyl sites for hydroxylation is 1. The molecule has 0 atom stereocenters. The Morgan fingerprint density at radius 1 is 0.548 bits per heavy atom. The van der Waals surface area contributed by atoms with Crippen LogP contribution in [0, 0.1) is 6.92 Å². The van der Waals surface area contributed by atoms with Gasteiger partial charge in [-0.25, -0.2) is 0 Å². The van der Waals surface area contributed by atoms with E-state index in [0.717, 1.165) is 16.9 Å². The third kappa shape index (κ3) is 3.38. The quantitative estimate of drug-likeness (QED) is 0.371. The van der Waals surface area contributed by atoms with Gasteiger partial charge in [0.15, 0.2) is 11.6 Å². The maximum atomic E-state index is 13.5.